The van der Waals surface area contributed by atoms with Gasteiger partial charge in [-0.3, -0.25) is 19.5 Å². The van der Waals surface area contributed by atoms with Crippen molar-refractivity contribution in [3.8, 4) is 0 Å². The minimum Gasteiger partial charge on any atom is -0.326 e. The number of aromatic nitrogens is 1. The van der Waals surface area contributed by atoms with Gasteiger partial charge in [0.25, 0.3) is 11.8 Å². The predicted molar refractivity (Wildman–Crippen MR) is 85.0 cm³/mol. The third-order valence-electron chi connectivity index (χ3n) is 3.49. The van der Waals surface area contributed by atoms with E-state index in [4.69, 9.17) is 5.73 Å². The lowest BCUT2D eigenvalue weighted by atomic mass is 10.1. The zero-order valence-corrected chi connectivity index (χ0v) is 12.6. The first-order chi connectivity index (χ1) is 10.2. The highest BCUT2D eigenvalue weighted by Gasteiger charge is 2.35. The molecular formula is C16H16ClN3O2. The van der Waals surface area contributed by atoms with Gasteiger partial charge in [-0.15, -0.1) is 12.4 Å². The van der Waals surface area contributed by atoms with E-state index in [-0.39, 0.29) is 36.8 Å². The maximum atomic E-state index is 12.2. The molecule has 1 aromatic heterocycles. The number of halogens is 1. The Bertz CT molecular complexity index is 656. The lowest BCUT2D eigenvalue weighted by Gasteiger charge is -2.19. The van der Waals surface area contributed by atoms with E-state index in [1.165, 1.54) is 4.90 Å². The quantitative estimate of drug-likeness (QED) is 0.870. The van der Waals surface area contributed by atoms with Crippen LogP contribution in [0.15, 0.2) is 48.7 Å². The molecule has 0 radical (unpaired) electrons. The topological polar surface area (TPSA) is 76.3 Å². The highest BCUT2D eigenvalue weighted by atomic mass is 35.5. The molecule has 5 nitrogen and oxygen atoms in total. The van der Waals surface area contributed by atoms with Crippen LogP contribution in [0.1, 0.15) is 26.4 Å². The van der Waals surface area contributed by atoms with Gasteiger partial charge in [-0.25, -0.2) is 0 Å². The molecule has 0 unspecified atom stereocenters. The number of imide groups is 1. The number of carbonyl (C=O) groups is 2. The molecule has 6 heteroatoms. The first-order valence-electron chi connectivity index (χ1n) is 6.77. The number of nitrogens with zero attached hydrogens (tertiary/aromatic N) is 2. The van der Waals surface area contributed by atoms with Crippen molar-refractivity contribution in [3.05, 3.63) is 65.5 Å². The van der Waals surface area contributed by atoms with Gasteiger partial charge in [-0.1, -0.05) is 18.2 Å². The van der Waals surface area contributed by atoms with Gasteiger partial charge in [0, 0.05) is 30.9 Å². The number of benzene rings is 1. The lowest BCUT2D eigenvalue weighted by Crippen LogP contribution is -2.42. The summed E-state index contributed by atoms with van der Waals surface area (Å²) >= 11 is 0. The fraction of sp³-hybridized carbons (Fsp3) is 0.188. The fourth-order valence-corrected chi connectivity index (χ4v) is 2.49. The summed E-state index contributed by atoms with van der Waals surface area (Å²) in [5, 5.41) is 0. The molecule has 0 bridgehead atoms. The molecule has 0 aliphatic carbocycles. The number of carbonyl (C=O) groups excluding carboxylic acids is 2. The van der Waals surface area contributed by atoms with Crippen LogP contribution in [0.4, 0.5) is 0 Å². The van der Waals surface area contributed by atoms with Crippen molar-refractivity contribution in [2.45, 2.75) is 12.5 Å². The highest BCUT2D eigenvalue weighted by Crippen LogP contribution is 2.22. The van der Waals surface area contributed by atoms with Gasteiger partial charge < -0.3 is 5.73 Å². The predicted octanol–water partition coefficient (Wildman–Crippen LogP) is 1.67. The van der Waals surface area contributed by atoms with Crippen molar-refractivity contribution in [1.29, 1.82) is 0 Å². The van der Waals surface area contributed by atoms with Crippen LogP contribution in [0, 0.1) is 0 Å². The van der Waals surface area contributed by atoms with E-state index in [1.54, 1.807) is 30.5 Å². The minimum atomic E-state index is -0.331. The lowest BCUT2D eigenvalue weighted by molar-refractivity contribution is 0.0644. The van der Waals surface area contributed by atoms with Crippen molar-refractivity contribution in [3.63, 3.8) is 0 Å². The summed E-state index contributed by atoms with van der Waals surface area (Å²) < 4.78 is 0. The van der Waals surface area contributed by atoms with Gasteiger partial charge in [-0.05, 0) is 24.3 Å². The Hall–Kier alpha value is -2.24. The van der Waals surface area contributed by atoms with Crippen molar-refractivity contribution >= 4 is 24.2 Å². The zero-order chi connectivity index (χ0) is 14.8. The van der Waals surface area contributed by atoms with Gasteiger partial charge in [0.2, 0.25) is 0 Å². The summed E-state index contributed by atoms with van der Waals surface area (Å²) in [4.78, 5) is 29.9. The van der Waals surface area contributed by atoms with Gasteiger partial charge in [0.15, 0.2) is 0 Å². The number of fused-ring (bicyclic) bond motifs is 1. The second-order valence-corrected chi connectivity index (χ2v) is 5.05. The summed E-state index contributed by atoms with van der Waals surface area (Å²) in [7, 11) is 0. The summed E-state index contributed by atoms with van der Waals surface area (Å²) in [6, 6.07) is 12.1. The van der Waals surface area contributed by atoms with Crippen LogP contribution in [0.2, 0.25) is 0 Å². The SMILES string of the molecule is Cl.N[C@H](Cc1ccccn1)CN1C(=O)c2ccccc2C1=O. The van der Waals surface area contributed by atoms with Gasteiger partial charge in [0.1, 0.15) is 0 Å². The first kappa shape index (κ1) is 16.1. The normalized spacial score (nSPS) is 14.5. The maximum Gasteiger partial charge on any atom is 0.261 e. The summed E-state index contributed by atoms with van der Waals surface area (Å²) in [6.07, 6.45) is 2.22. The van der Waals surface area contributed by atoms with Gasteiger partial charge in [0.05, 0.1) is 11.1 Å². The van der Waals surface area contributed by atoms with Crippen LogP contribution in [0.5, 0.6) is 0 Å². The Morgan fingerprint density at radius 1 is 1.00 bits per heavy atom. The smallest absolute Gasteiger partial charge is 0.261 e. The van der Waals surface area contributed by atoms with Crippen LogP contribution in [-0.4, -0.2) is 34.3 Å². The Kier molecular flexibility index (Phi) is 4.90. The van der Waals surface area contributed by atoms with E-state index in [9.17, 15) is 9.59 Å². The van der Waals surface area contributed by atoms with Crippen molar-refractivity contribution in [2.24, 2.45) is 5.73 Å². The molecule has 3 rings (SSSR count). The maximum absolute atomic E-state index is 12.2. The molecule has 2 N–H and O–H groups in total. The fourth-order valence-electron chi connectivity index (χ4n) is 2.49. The van der Waals surface area contributed by atoms with E-state index in [0.29, 0.717) is 17.5 Å². The zero-order valence-electron chi connectivity index (χ0n) is 11.8. The van der Waals surface area contributed by atoms with Crippen molar-refractivity contribution in [2.75, 3.05) is 6.54 Å². The standard InChI is InChI=1S/C16H15N3O2.ClH/c17-11(9-12-5-3-4-8-18-12)10-19-15(20)13-6-1-2-7-14(13)16(19)21;/h1-8,11H,9-10,17H2;1H/t11-;/m1./s1. The second-order valence-electron chi connectivity index (χ2n) is 5.05. The Labute approximate surface area is 134 Å². The molecular weight excluding hydrogens is 302 g/mol. The van der Waals surface area contributed by atoms with E-state index >= 15 is 0 Å². The molecule has 114 valence electrons. The van der Waals surface area contributed by atoms with Crippen LogP contribution >= 0.6 is 12.4 Å². The van der Waals surface area contributed by atoms with Crippen LogP contribution in [-0.2, 0) is 6.42 Å². The molecule has 0 saturated carbocycles. The molecule has 1 aliphatic heterocycles. The third-order valence-corrected chi connectivity index (χ3v) is 3.49. The van der Waals surface area contributed by atoms with E-state index in [0.717, 1.165) is 5.69 Å². The Balaban J connectivity index is 0.00000176. The molecule has 22 heavy (non-hydrogen) atoms. The number of hydrogen-bond donors (Lipinski definition) is 1. The monoisotopic (exact) mass is 317 g/mol. The van der Waals surface area contributed by atoms with Crippen LogP contribution in [0.25, 0.3) is 0 Å². The van der Waals surface area contributed by atoms with Gasteiger partial charge >= 0.3 is 0 Å². The van der Waals surface area contributed by atoms with Crippen molar-refractivity contribution < 1.29 is 9.59 Å². The Morgan fingerprint density at radius 2 is 1.59 bits per heavy atom. The number of nitrogens with two attached hydrogens (primary N) is 1. The molecule has 0 fully saturated rings. The second kappa shape index (κ2) is 6.68. The van der Waals surface area contributed by atoms with E-state index in [2.05, 4.69) is 4.98 Å². The van der Waals surface area contributed by atoms with Gasteiger partial charge in [-0.2, -0.15) is 0 Å². The largest absolute Gasteiger partial charge is 0.326 e. The number of hydrogen-bond acceptors (Lipinski definition) is 4. The molecule has 0 spiro atoms. The van der Waals surface area contributed by atoms with E-state index in [1.807, 2.05) is 18.2 Å². The highest BCUT2D eigenvalue weighted by molar-refractivity contribution is 6.21. The summed E-state index contributed by atoms with van der Waals surface area (Å²) in [5.74, 6) is -0.542. The van der Waals surface area contributed by atoms with E-state index < -0.39 is 0 Å². The summed E-state index contributed by atoms with van der Waals surface area (Å²) in [5.41, 5.74) is 7.81. The average Bonchev–Trinajstić information content (AvgIpc) is 2.74. The molecule has 2 amide bonds. The van der Waals surface area contributed by atoms with Crippen molar-refractivity contribution in [1.82, 2.24) is 9.88 Å². The number of pyridine rings is 1. The molecule has 1 aromatic carbocycles. The third kappa shape index (κ3) is 3.00. The van der Waals surface area contributed by atoms with Crippen LogP contribution in [0.3, 0.4) is 0 Å². The molecule has 2 heterocycles. The minimum absolute atomic E-state index is 0. The molecule has 2 aromatic rings. The Morgan fingerprint density at radius 3 is 2.14 bits per heavy atom. The number of rotatable bonds is 4. The summed E-state index contributed by atoms with van der Waals surface area (Å²) in [6.45, 7) is 0.197. The molecule has 0 saturated heterocycles. The molecule has 1 aliphatic rings. The molecule has 1 atom stereocenters. The first-order valence-corrected chi connectivity index (χ1v) is 6.77. The van der Waals surface area contributed by atoms with Crippen LogP contribution < -0.4 is 5.73 Å². The average molecular weight is 318 g/mol. The number of amides is 2.